The number of ether oxygens (including phenoxy) is 1. The van der Waals surface area contributed by atoms with E-state index in [9.17, 15) is 4.39 Å². The van der Waals surface area contributed by atoms with E-state index in [1.165, 1.54) is 12.1 Å². The molecule has 2 aromatic carbocycles. The van der Waals surface area contributed by atoms with Crippen LogP contribution in [0.4, 0.5) is 4.39 Å². The van der Waals surface area contributed by atoms with Crippen LogP contribution in [-0.2, 0) is 0 Å². The second-order valence-corrected chi connectivity index (χ2v) is 4.59. The lowest BCUT2D eigenvalue weighted by atomic mass is 10.2. The van der Waals surface area contributed by atoms with E-state index in [4.69, 9.17) is 16.3 Å². The minimum absolute atomic E-state index is 0.303. The molecule has 100 valence electrons. The number of hydrogen-bond donors (Lipinski definition) is 0. The Morgan fingerprint density at radius 2 is 1.80 bits per heavy atom. The number of fused-ring (bicyclic) bond motifs is 1. The quantitative estimate of drug-likeness (QED) is 0.666. The number of methoxy groups -OCH3 is 1. The van der Waals surface area contributed by atoms with Gasteiger partial charge in [0.25, 0.3) is 0 Å². The van der Waals surface area contributed by atoms with Gasteiger partial charge in [0.15, 0.2) is 5.82 Å². The zero-order valence-electron chi connectivity index (χ0n) is 10.6. The van der Waals surface area contributed by atoms with Gasteiger partial charge in [0.1, 0.15) is 16.7 Å². The number of rotatable bonds is 2. The smallest absolute Gasteiger partial charge is 0.161 e. The molecular formula is C15H10ClFN2O. The van der Waals surface area contributed by atoms with Crippen molar-refractivity contribution in [3.05, 3.63) is 53.4 Å². The zero-order valence-corrected chi connectivity index (χ0v) is 11.4. The molecule has 5 heteroatoms. The van der Waals surface area contributed by atoms with Crippen LogP contribution in [0.2, 0.25) is 5.15 Å². The maximum absolute atomic E-state index is 12.9. The number of halogens is 2. The van der Waals surface area contributed by atoms with Crippen molar-refractivity contribution in [3.8, 4) is 17.1 Å². The first-order chi connectivity index (χ1) is 9.67. The average Bonchev–Trinajstić information content (AvgIpc) is 2.47. The molecule has 0 unspecified atom stereocenters. The van der Waals surface area contributed by atoms with Gasteiger partial charge in [0, 0.05) is 17.0 Å². The number of nitrogens with zero attached hydrogens (tertiary/aromatic N) is 2. The van der Waals surface area contributed by atoms with Gasteiger partial charge in [-0.1, -0.05) is 11.6 Å². The van der Waals surface area contributed by atoms with Gasteiger partial charge in [0.05, 0.1) is 12.6 Å². The minimum atomic E-state index is -0.303. The predicted octanol–water partition coefficient (Wildman–Crippen LogP) is 4.10. The van der Waals surface area contributed by atoms with Crippen LogP contribution >= 0.6 is 11.6 Å². The summed E-state index contributed by atoms with van der Waals surface area (Å²) in [6.07, 6.45) is 0. The maximum atomic E-state index is 12.9. The third kappa shape index (κ3) is 2.30. The lowest BCUT2D eigenvalue weighted by molar-refractivity contribution is 0.415. The lowest BCUT2D eigenvalue weighted by Crippen LogP contribution is -1.93. The molecule has 0 aliphatic rings. The highest BCUT2D eigenvalue weighted by atomic mass is 35.5. The van der Waals surface area contributed by atoms with Gasteiger partial charge in [-0.15, -0.1) is 0 Å². The van der Waals surface area contributed by atoms with Crippen molar-refractivity contribution in [3.63, 3.8) is 0 Å². The molecule has 0 saturated carbocycles. The molecule has 0 N–H and O–H groups in total. The van der Waals surface area contributed by atoms with Gasteiger partial charge in [-0.3, -0.25) is 0 Å². The fourth-order valence-corrected chi connectivity index (χ4v) is 2.17. The average molecular weight is 289 g/mol. The Balaban J connectivity index is 2.19. The monoisotopic (exact) mass is 288 g/mol. The molecule has 1 heterocycles. The van der Waals surface area contributed by atoms with Crippen LogP contribution in [0.1, 0.15) is 0 Å². The van der Waals surface area contributed by atoms with E-state index in [0.29, 0.717) is 27.8 Å². The van der Waals surface area contributed by atoms with Gasteiger partial charge in [-0.25, -0.2) is 14.4 Å². The highest BCUT2D eigenvalue weighted by Gasteiger charge is 2.09. The molecule has 0 radical (unpaired) electrons. The van der Waals surface area contributed by atoms with Gasteiger partial charge in [0.2, 0.25) is 0 Å². The van der Waals surface area contributed by atoms with E-state index in [1.54, 1.807) is 31.4 Å². The molecule has 0 spiro atoms. The van der Waals surface area contributed by atoms with Crippen LogP contribution in [0.25, 0.3) is 22.3 Å². The van der Waals surface area contributed by atoms with Gasteiger partial charge in [-0.05, 0) is 36.4 Å². The molecule has 0 aliphatic carbocycles. The second kappa shape index (κ2) is 5.06. The SMILES string of the molecule is COc1ccc2c(Cl)nc(-c3ccc(F)cc3)nc2c1. The highest BCUT2D eigenvalue weighted by molar-refractivity contribution is 6.34. The number of aromatic nitrogens is 2. The predicted molar refractivity (Wildman–Crippen MR) is 76.5 cm³/mol. The standard InChI is InChI=1S/C15H10ClFN2O/c1-20-11-6-7-12-13(8-11)18-15(19-14(12)16)9-2-4-10(17)5-3-9/h2-8H,1H3. The Hall–Kier alpha value is -2.20. The van der Waals surface area contributed by atoms with E-state index >= 15 is 0 Å². The van der Waals surface area contributed by atoms with Crippen LogP contribution in [0.15, 0.2) is 42.5 Å². The zero-order chi connectivity index (χ0) is 14.1. The fraction of sp³-hybridized carbons (Fsp3) is 0.0667. The van der Waals surface area contributed by atoms with Crippen LogP contribution in [-0.4, -0.2) is 17.1 Å². The summed E-state index contributed by atoms with van der Waals surface area (Å²) < 4.78 is 18.1. The van der Waals surface area contributed by atoms with Crippen molar-refractivity contribution in [2.45, 2.75) is 0 Å². The van der Waals surface area contributed by atoms with Crippen molar-refractivity contribution in [2.24, 2.45) is 0 Å². The van der Waals surface area contributed by atoms with Crippen molar-refractivity contribution in [2.75, 3.05) is 7.11 Å². The first-order valence-corrected chi connectivity index (χ1v) is 6.32. The summed E-state index contributed by atoms with van der Waals surface area (Å²) in [4.78, 5) is 8.69. The van der Waals surface area contributed by atoms with E-state index in [-0.39, 0.29) is 5.82 Å². The largest absolute Gasteiger partial charge is 0.497 e. The van der Waals surface area contributed by atoms with Crippen molar-refractivity contribution < 1.29 is 9.13 Å². The molecule has 0 atom stereocenters. The van der Waals surface area contributed by atoms with Crippen molar-refractivity contribution >= 4 is 22.5 Å². The molecule has 3 nitrogen and oxygen atoms in total. The van der Waals surface area contributed by atoms with Crippen LogP contribution in [0.3, 0.4) is 0 Å². The number of hydrogen-bond acceptors (Lipinski definition) is 3. The molecule has 3 rings (SSSR count). The van der Waals surface area contributed by atoms with Gasteiger partial charge < -0.3 is 4.74 Å². The molecular weight excluding hydrogens is 279 g/mol. The van der Waals surface area contributed by atoms with Crippen molar-refractivity contribution in [1.82, 2.24) is 9.97 Å². The van der Waals surface area contributed by atoms with Crippen LogP contribution in [0, 0.1) is 5.82 Å². The molecule has 1 aromatic heterocycles. The normalized spacial score (nSPS) is 10.8. The molecule has 0 fully saturated rings. The Morgan fingerprint density at radius 3 is 2.50 bits per heavy atom. The Bertz CT molecular complexity index is 775. The summed E-state index contributed by atoms with van der Waals surface area (Å²) in [5.74, 6) is 0.843. The minimum Gasteiger partial charge on any atom is -0.497 e. The van der Waals surface area contributed by atoms with E-state index < -0.39 is 0 Å². The third-order valence-corrected chi connectivity index (χ3v) is 3.25. The van der Waals surface area contributed by atoms with Crippen LogP contribution in [0.5, 0.6) is 5.75 Å². The van der Waals surface area contributed by atoms with Gasteiger partial charge in [-0.2, -0.15) is 0 Å². The summed E-state index contributed by atoms with van der Waals surface area (Å²) in [6, 6.07) is 11.4. The van der Waals surface area contributed by atoms with Crippen LogP contribution < -0.4 is 4.74 Å². The second-order valence-electron chi connectivity index (χ2n) is 4.23. The molecule has 3 aromatic rings. The van der Waals surface area contributed by atoms with E-state index in [0.717, 1.165) is 5.39 Å². The highest BCUT2D eigenvalue weighted by Crippen LogP contribution is 2.27. The molecule has 0 aliphatic heterocycles. The Kier molecular flexibility index (Phi) is 3.24. The summed E-state index contributed by atoms with van der Waals surface area (Å²) in [7, 11) is 1.59. The van der Waals surface area contributed by atoms with E-state index in [2.05, 4.69) is 9.97 Å². The molecule has 20 heavy (non-hydrogen) atoms. The molecule has 0 amide bonds. The molecule has 0 bridgehead atoms. The molecule has 0 saturated heterocycles. The summed E-state index contributed by atoms with van der Waals surface area (Å²) in [5.41, 5.74) is 1.39. The Labute approximate surface area is 120 Å². The van der Waals surface area contributed by atoms with E-state index in [1.807, 2.05) is 6.07 Å². The summed E-state index contributed by atoms with van der Waals surface area (Å²) in [6.45, 7) is 0. The summed E-state index contributed by atoms with van der Waals surface area (Å²) in [5, 5.41) is 1.11. The van der Waals surface area contributed by atoms with Crippen molar-refractivity contribution in [1.29, 1.82) is 0 Å². The third-order valence-electron chi connectivity index (χ3n) is 2.96. The topological polar surface area (TPSA) is 35.0 Å². The first-order valence-electron chi connectivity index (χ1n) is 5.94. The van der Waals surface area contributed by atoms with Gasteiger partial charge >= 0.3 is 0 Å². The summed E-state index contributed by atoms with van der Waals surface area (Å²) >= 11 is 6.17. The fourth-order valence-electron chi connectivity index (χ4n) is 1.93. The maximum Gasteiger partial charge on any atom is 0.161 e. The lowest BCUT2D eigenvalue weighted by Gasteiger charge is -2.06. The Morgan fingerprint density at radius 1 is 1.05 bits per heavy atom. The first kappa shape index (κ1) is 12.8. The number of benzene rings is 2.